The topological polar surface area (TPSA) is 37.8 Å². The molecule has 3 aromatic heterocycles. The molecule has 3 nitrogen and oxygen atoms in total. The molecule has 19 heavy (non-hydrogen) atoms. The maximum Gasteiger partial charge on any atom is 0.138 e. The summed E-state index contributed by atoms with van der Waals surface area (Å²) in [6.07, 6.45) is 2.39. The van der Waals surface area contributed by atoms with Crippen LogP contribution in [-0.2, 0) is 0 Å². The predicted molar refractivity (Wildman–Crippen MR) is 81.7 cm³/mol. The summed E-state index contributed by atoms with van der Waals surface area (Å²) in [5, 5.41) is 8.46. The Labute approximate surface area is 119 Å². The summed E-state index contributed by atoms with van der Waals surface area (Å²) >= 11 is 3.29. The highest BCUT2D eigenvalue weighted by Gasteiger charge is 2.02. The zero-order chi connectivity index (χ0) is 12.9. The van der Waals surface area contributed by atoms with Gasteiger partial charge in [0.05, 0.1) is 10.3 Å². The van der Waals surface area contributed by atoms with Crippen LogP contribution in [0, 0.1) is 11.8 Å². The second kappa shape index (κ2) is 5.83. The number of hydrogen-bond donors (Lipinski definition) is 1. The normalized spacial score (nSPS) is 10.1. The Hall–Kier alpha value is -1.90. The summed E-state index contributed by atoms with van der Waals surface area (Å²) in [6, 6.07) is 6.09. The van der Waals surface area contributed by atoms with E-state index in [0.717, 1.165) is 33.9 Å². The van der Waals surface area contributed by atoms with Gasteiger partial charge in [0.2, 0.25) is 0 Å². The van der Waals surface area contributed by atoms with Crippen molar-refractivity contribution in [3.8, 4) is 11.8 Å². The molecule has 0 radical (unpaired) electrons. The largest absolute Gasteiger partial charge is 0.368 e. The molecule has 0 bridgehead atoms. The molecule has 0 amide bonds. The Bertz CT molecular complexity index is 720. The third kappa shape index (κ3) is 2.92. The molecule has 0 spiro atoms. The molecule has 3 aromatic rings. The second-order valence-corrected chi connectivity index (χ2v) is 5.66. The van der Waals surface area contributed by atoms with E-state index in [9.17, 15) is 0 Å². The number of thiophene rings is 2. The van der Waals surface area contributed by atoms with Crippen LogP contribution in [0.2, 0.25) is 0 Å². The first kappa shape index (κ1) is 12.2. The molecule has 94 valence electrons. The van der Waals surface area contributed by atoms with Crippen LogP contribution >= 0.6 is 22.7 Å². The molecular formula is C14H11N3S2. The SMILES string of the molecule is C(#Cc1cccs1)CCNc1ncnc2sccc12. The van der Waals surface area contributed by atoms with Gasteiger partial charge in [-0.2, -0.15) is 0 Å². The van der Waals surface area contributed by atoms with Crippen molar-refractivity contribution in [2.75, 3.05) is 11.9 Å². The number of anilines is 1. The van der Waals surface area contributed by atoms with Crippen molar-refractivity contribution in [1.29, 1.82) is 0 Å². The first-order valence-electron chi connectivity index (χ1n) is 5.88. The molecular weight excluding hydrogens is 274 g/mol. The molecule has 0 unspecified atom stereocenters. The van der Waals surface area contributed by atoms with E-state index >= 15 is 0 Å². The van der Waals surface area contributed by atoms with Crippen molar-refractivity contribution >= 4 is 38.7 Å². The maximum atomic E-state index is 4.26. The lowest BCUT2D eigenvalue weighted by Crippen LogP contribution is -2.02. The fraction of sp³-hybridized carbons (Fsp3) is 0.143. The summed E-state index contributed by atoms with van der Waals surface area (Å²) < 4.78 is 0. The molecule has 3 rings (SSSR count). The maximum absolute atomic E-state index is 4.26. The highest BCUT2D eigenvalue weighted by Crippen LogP contribution is 2.23. The molecule has 0 aliphatic carbocycles. The monoisotopic (exact) mass is 285 g/mol. The van der Waals surface area contributed by atoms with Crippen molar-refractivity contribution in [2.24, 2.45) is 0 Å². The van der Waals surface area contributed by atoms with E-state index in [0.29, 0.717) is 0 Å². The summed E-state index contributed by atoms with van der Waals surface area (Å²) in [4.78, 5) is 10.6. The van der Waals surface area contributed by atoms with Gasteiger partial charge in [-0.3, -0.25) is 0 Å². The van der Waals surface area contributed by atoms with Crippen LogP contribution < -0.4 is 5.32 Å². The van der Waals surface area contributed by atoms with Crippen LogP contribution in [-0.4, -0.2) is 16.5 Å². The molecule has 0 saturated heterocycles. The standard InChI is InChI=1S/C14H11N3S2/c1(4-11-5-3-8-18-11)2-7-15-13-12-6-9-19-14(12)17-10-16-13/h3,5-6,8-10H,2,7H2,(H,15,16,17). The van der Waals surface area contributed by atoms with Crippen LogP contribution in [0.15, 0.2) is 35.3 Å². The number of hydrogen-bond acceptors (Lipinski definition) is 5. The first-order chi connectivity index (χ1) is 9.43. The van der Waals surface area contributed by atoms with Crippen molar-refractivity contribution < 1.29 is 0 Å². The predicted octanol–water partition coefficient (Wildman–Crippen LogP) is 3.61. The molecule has 0 atom stereocenters. The van der Waals surface area contributed by atoms with Gasteiger partial charge in [0.15, 0.2) is 0 Å². The number of aromatic nitrogens is 2. The number of nitrogens with zero attached hydrogens (tertiary/aromatic N) is 2. The molecule has 0 aromatic carbocycles. The van der Waals surface area contributed by atoms with Crippen LogP contribution in [0.5, 0.6) is 0 Å². The van der Waals surface area contributed by atoms with Crippen molar-refractivity contribution in [1.82, 2.24) is 9.97 Å². The lowest BCUT2D eigenvalue weighted by molar-refractivity contribution is 1.07. The number of rotatable bonds is 3. The fourth-order valence-corrected chi connectivity index (χ4v) is 3.00. The minimum Gasteiger partial charge on any atom is -0.368 e. The van der Waals surface area contributed by atoms with Crippen molar-refractivity contribution in [3.63, 3.8) is 0 Å². The zero-order valence-corrected chi connectivity index (χ0v) is 11.7. The van der Waals surface area contributed by atoms with Crippen molar-refractivity contribution in [3.05, 3.63) is 40.2 Å². The van der Waals surface area contributed by atoms with E-state index in [-0.39, 0.29) is 0 Å². The van der Waals surface area contributed by atoms with E-state index in [2.05, 4.69) is 27.1 Å². The van der Waals surface area contributed by atoms with Crippen LogP contribution in [0.4, 0.5) is 5.82 Å². The fourth-order valence-electron chi connectivity index (χ4n) is 1.67. The third-order valence-electron chi connectivity index (χ3n) is 2.54. The molecule has 5 heteroatoms. The van der Waals surface area contributed by atoms with E-state index in [1.807, 2.05) is 29.0 Å². The average Bonchev–Trinajstić information content (AvgIpc) is 3.09. The molecule has 0 aliphatic rings. The highest BCUT2D eigenvalue weighted by atomic mass is 32.1. The molecule has 1 N–H and O–H groups in total. The molecule has 0 saturated carbocycles. The van der Waals surface area contributed by atoms with Gasteiger partial charge in [-0.25, -0.2) is 9.97 Å². The highest BCUT2D eigenvalue weighted by molar-refractivity contribution is 7.16. The molecule has 0 fully saturated rings. The van der Waals surface area contributed by atoms with E-state index < -0.39 is 0 Å². The number of fused-ring (bicyclic) bond motifs is 1. The van der Waals surface area contributed by atoms with Gasteiger partial charge in [0.1, 0.15) is 17.0 Å². The average molecular weight is 285 g/mol. The summed E-state index contributed by atoms with van der Waals surface area (Å²) in [5.74, 6) is 7.19. The van der Waals surface area contributed by atoms with Crippen LogP contribution in [0.3, 0.4) is 0 Å². The van der Waals surface area contributed by atoms with Gasteiger partial charge in [0.25, 0.3) is 0 Å². The summed E-state index contributed by atoms with van der Waals surface area (Å²) in [7, 11) is 0. The van der Waals surface area contributed by atoms with Crippen LogP contribution in [0.25, 0.3) is 10.2 Å². The Morgan fingerprint density at radius 3 is 3.05 bits per heavy atom. The Morgan fingerprint density at radius 1 is 1.16 bits per heavy atom. The van der Waals surface area contributed by atoms with E-state index in [1.165, 1.54) is 0 Å². The minimum absolute atomic E-state index is 0.792. The Balaban J connectivity index is 1.59. The van der Waals surface area contributed by atoms with Crippen LogP contribution in [0.1, 0.15) is 11.3 Å². The third-order valence-corrected chi connectivity index (χ3v) is 4.14. The second-order valence-electron chi connectivity index (χ2n) is 3.82. The quantitative estimate of drug-likeness (QED) is 0.590. The van der Waals surface area contributed by atoms with Gasteiger partial charge in [-0.05, 0) is 22.9 Å². The van der Waals surface area contributed by atoms with E-state index in [4.69, 9.17) is 0 Å². The van der Waals surface area contributed by atoms with Crippen molar-refractivity contribution in [2.45, 2.75) is 6.42 Å². The van der Waals surface area contributed by atoms with Gasteiger partial charge >= 0.3 is 0 Å². The van der Waals surface area contributed by atoms with Gasteiger partial charge in [-0.15, -0.1) is 22.7 Å². The molecule has 0 aliphatic heterocycles. The summed E-state index contributed by atoms with van der Waals surface area (Å²) in [5.41, 5.74) is 0. The lowest BCUT2D eigenvalue weighted by atomic mass is 10.3. The van der Waals surface area contributed by atoms with Gasteiger partial charge in [-0.1, -0.05) is 17.9 Å². The van der Waals surface area contributed by atoms with Gasteiger partial charge < -0.3 is 5.32 Å². The first-order valence-corrected chi connectivity index (χ1v) is 7.64. The minimum atomic E-state index is 0.792. The summed E-state index contributed by atoms with van der Waals surface area (Å²) in [6.45, 7) is 0.792. The molecule has 3 heterocycles. The Kier molecular flexibility index (Phi) is 3.73. The van der Waals surface area contributed by atoms with E-state index in [1.54, 1.807) is 29.0 Å². The Morgan fingerprint density at radius 2 is 2.16 bits per heavy atom. The number of nitrogens with one attached hydrogen (secondary N) is 1. The van der Waals surface area contributed by atoms with Gasteiger partial charge in [0, 0.05) is 13.0 Å². The lowest BCUT2D eigenvalue weighted by Gasteiger charge is -2.03. The smallest absolute Gasteiger partial charge is 0.138 e. The zero-order valence-electron chi connectivity index (χ0n) is 10.1.